The first-order chi connectivity index (χ1) is 14.8. The molecule has 9 heteroatoms. The van der Waals surface area contributed by atoms with Crippen LogP contribution in [0.2, 0.25) is 5.02 Å². The summed E-state index contributed by atoms with van der Waals surface area (Å²) in [4.78, 5) is 25.0. The Morgan fingerprint density at radius 3 is 2.35 bits per heavy atom. The highest BCUT2D eigenvalue weighted by atomic mass is 35.5. The van der Waals surface area contributed by atoms with Crippen LogP contribution < -0.4 is 4.90 Å². The van der Waals surface area contributed by atoms with Crippen LogP contribution in [-0.2, 0) is 6.18 Å². The zero-order chi connectivity index (χ0) is 22.0. The van der Waals surface area contributed by atoms with Gasteiger partial charge in [-0.05, 0) is 42.5 Å². The lowest BCUT2D eigenvalue weighted by molar-refractivity contribution is -0.137. The number of aromatic nitrogens is 2. The molecule has 0 saturated carbocycles. The summed E-state index contributed by atoms with van der Waals surface area (Å²) in [7, 11) is 0. The lowest BCUT2D eigenvalue weighted by atomic mass is 10.1. The van der Waals surface area contributed by atoms with E-state index in [0.717, 1.165) is 12.1 Å². The maximum absolute atomic E-state index is 13.0. The van der Waals surface area contributed by atoms with Crippen LogP contribution in [0, 0.1) is 0 Å². The molecule has 2 heterocycles. The molecule has 160 valence electrons. The third-order valence-electron chi connectivity index (χ3n) is 5.07. The zero-order valence-electron chi connectivity index (χ0n) is 16.3. The van der Waals surface area contributed by atoms with Gasteiger partial charge in [0.25, 0.3) is 5.91 Å². The Balaban J connectivity index is 1.46. The van der Waals surface area contributed by atoms with Crippen molar-refractivity contribution in [2.75, 3.05) is 31.1 Å². The van der Waals surface area contributed by atoms with E-state index in [9.17, 15) is 18.0 Å². The first-order valence-electron chi connectivity index (χ1n) is 9.62. The summed E-state index contributed by atoms with van der Waals surface area (Å²) in [6.45, 7) is 2.01. The van der Waals surface area contributed by atoms with E-state index in [-0.39, 0.29) is 5.91 Å². The summed E-state index contributed by atoms with van der Waals surface area (Å²) in [5.41, 5.74) is 0.630. The molecule has 1 saturated heterocycles. The molecule has 0 bridgehead atoms. The highest BCUT2D eigenvalue weighted by Crippen LogP contribution is 2.32. The second-order valence-electron chi connectivity index (χ2n) is 7.11. The molecule has 31 heavy (non-hydrogen) atoms. The van der Waals surface area contributed by atoms with E-state index >= 15 is 0 Å². The first kappa shape index (κ1) is 21.1. The number of carbonyl (C=O) groups excluding carboxylic acids is 1. The molecule has 3 aromatic rings. The van der Waals surface area contributed by atoms with Crippen LogP contribution in [0.4, 0.5) is 19.1 Å². The second kappa shape index (κ2) is 8.55. The van der Waals surface area contributed by atoms with Gasteiger partial charge in [-0.15, -0.1) is 0 Å². The number of nitrogens with zero attached hydrogens (tertiary/aromatic N) is 4. The van der Waals surface area contributed by atoms with Crippen LogP contribution in [0.1, 0.15) is 15.9 Å². The topological polar surface area (TPSA) is 49.3 Å². The largest absolute Gasteiger partial charge is 0.416 e. The normalized spacial score (nSPS) is 14.6. The van der Waals surface area contributed by atoms with Gasteiger partial charge in [-0.2, -0.15) is 13.2 Å². The van der Waals surface area contributed by atoms with Crippen LogP contribution in [0.3, 0.4) is 0 Å². The second-order valence-corrected chi connectivity index (χ2v) is 7.54. The molecule has 0 atom stereocenters. The van der Waals surface area contributed by atoms with Crippen molar-refractivity contribution < 1.29 is 18.0 Å². The highest BCUT2D eigenvalue weighted by molar-refractivity contribution is 6.30. The van der Waals surface area contributed by atoms with E-state index in [1.54, 1.807) is 41.3 Å². The van der Waals surface area contributed by atoms with Crippen LogP contribution in [0.5, 0.6) is 0 Å². The lowest BCUT2D eigenvalue weighted by Crippen LogP contribution is -2.49. The fourth-order valence-corrected chi connectivity index (χ4v) is 3.53. The van der Waals surface area contributed by atoms with Crippen molar-refractivity contribution in [3.05, 3.63) is 76.9 Å². The number of rotatable bonds is 3. The molecular formula is C22H18ClF3N4O. The Morgan fingerprint density at radius 1 is 0.968 bits per heavy atom. The number of benzene rings is 2. The number of anilines is 1. The molecule has 1 aliphatic heterocycles. The van der Waals surface area contributed by atoms with Crippen molar-refractivity contribution in [2.45, 2.75) is 6.18 Å². The van der Waals surface area contributed by atoms with Gasteiger partial charge in [-0.1, -0.05) is 23.7 Å². The van der Waals surface area contributed by atoms with Gasteiger partial charge in [-0.25, -0.2) is 9.97 Å². The number of carbonyl (C=O) groups is 1. The number of halogens is 4. The van der Waals surface area contributed by atoms with E-state index in [0.29, 0.717) is 54.0 Å². The van der Waals surface area contributed by atoms with Gasteiger partial charge >= 0.3 is 6.18 Å². The molecule has 1 fully saturated rings. The highest BCUT2D eigenvalue weighted by Gasteiger charge is 2.30. The monoisotopic (exact) mass is 446 g/mol. The van der Waals surface area contributed by atoms with Crippen molar-refractivity contribution in [1.82, 2.24) is 14.9 Å². The minimum atomic E-state index is -4.42. The molecule has 0 aliphatic carbocycles. The fraction of sp³-hybridized carbons (Fsp3) is 0.227. The molecule has 1 aromatic heterocycles. The Labute approximate surface area is 182 Å². The van der Waals surface area contributed by atoms with E-state index in [4.69, 9.17) is 11.6 Å². The van der Waals surface area contributed by atoms with Crippen LogP contribution >= 0.6 is 11.6 Å². The molecule has 0 spiro atoms. The predicted octanol–water partition coefficient (Wildman–Crippen LogP) is 4.78. The molecule has 0 unspecified atom stereocenters. The molecule has 1 amide bonds. The third kappa shape index (κ3) is 4.80. The summed E-state index contributed by atoms with van der Waals surface area (Å²) in [5, 5.41) is 0.569. The number of piperazine rings is 1. The maximum Gasteiger partial charge on any atom is 0.416 e. The van der Waals surface area contributed by atoms with Gasteiger partial charge in [0.2, 0.25) is 5.95 Å². The van der Waals surface area contributed by atoms with E-state index in [1.807, 2.05) is 4.90 Å². The van der Waals surface area contributed by atoms with Crippen molar-refractivity contribution in [2.24, 2.45) is 0 Å². The van der Waals surface area contributed by atoms with E-state index in [2.05, 4.69) is 9.97 Å². The van der Waals surface area contributed by atoms with E-state index in [1.165, 1.54) is 12.3 Å². The maximum atomic E-state index is 13.0. The summed E-state index contributed by atoms with van der Waals surface area (Å²) in [6.07, 6.45) is -2.89. The number of amides is 1. The Morgan fingerprint density at radius 2 is 1.68 bits per heavy atom. The quantitative estimate of drug-likeness (QED) is 0.581. The first-order valence-corrected chi connectivity index (χ1v) is 9.99. The zero-order valence-corrected chi connectivity index (χ0v) is 17.1. The lowest BCUT2D eigenvalue weighted by Gasteiger charge is -2.34. The minimum absolute atomic E-state index is 0.0741. The summed E-state index contributed by atoms with van der Waals surface area (Å²) < 4.78 is 39.1. The summed E-state index contributed by atoms with van der Waals surface area (Å²) in [6, 6.07) is 13.4. The standard InChI is InChI=1S/C22H18ClF3N4O/c23-18-6-4-15(5-7-18)20(31)29-10-12-30(13-11-29)21-27-9-8-19(28-21)16-2-1-3-17(14-16)22(24,25)26/h1-9,14H,10-13H2. The molecule has 4 rings (SSSR count). The van der Waals surface area contributed by atoms with Gasteiger partial charge in [-0.3, -0.25) is 4.79 Å². The average molecular weight is 447 g/mol. The Bertz CT molecular complexity index is 1080. The van der Waals surface area contributed by atoms with Gasteiger partial charge in [0.05, 0.1) is 11.3 Å². The number of hydrogen-bond donors (Lipinski definition) is 0. The molecule has 1 aliphatic rings. The fourth-order valence-electron chi connectivity index (χ4n) is 3.40. The van der Waals surface area contributed by atoms with Gasteiger partial charge in [0.15, 0.2) is 0 Å². The molecule has 5 nitrogen and oxygen atoms in total. The predicted molar refractivity (Wildman–Crippen MR) is 112 cm³/mol. The summed E-state index contributed by atoms with van der Waals surface area (Å²) >= 11 is 5.88. The molecule has 0 radical (unpaired) electrons. The number of hydrogen-bond acceptors (Lipinski definition) is 4. The van der Waals surface area contributed by atoms with Crippen LogP contribution in [0.25, 0.3) is 11.3 Å². The molecule has 0 N–H and O–H groups in total. The van der Waals surface area contributed by atoms with Crippen molar-refractivity contribution in [3.8, 4) is 11.3 Å². The smallest absolute Gasteiger partial charge is 0.337 e. The Hall–Kier alpha value is -3.13. The molecule has 2 aromatic carbocycles. The van der Waals surface area contributed by atoms with Gasteiger partial charge in [0.1, 0.15) is 0 Å². The van der Waals surface area contributed by atoms with E-state index < -0.39 is 11.7 Å². The molecular weight excluding hydrogens is 429 g/mol. The van der Waals surface area contributed by atoms with Gasteiger partial charge < -0.3 is 9.80 Å². The van der Waals surface area contributed by atoms with Crippen molar-refractivity contribution in [1.29, 1.82) is 0 Å². The van der Waals surface area contributed by atoms with Crippen molar-refractivity contribution in [3.63, 3.8) is 0 Å². The third-order valence-corrected chi connectivity index (χ3v) is 5.32. The SMILES string of the molecule is O=C(c1ccc(Cl)cc1)N1CCN(c2nccc(-c3cccc(C(F)(F)F)c3)n2)CC1. The van der Waals surface area contributed by atoms with Crippen LogP contribution in [0.15, 0.2) is 60.8 Å². The minimum Gasteiger partial charge on any atom is -0.337 e. The Kier molecular flexibility index (Phi) is 5.82. The van der Waals surface area contributed by atoms with Crippen LogP contribution in [-0.4, -0.2) is 47.0 Å². The van der Waals surface area contributed by atoms with Crippen molar-refractivity contribution >= 4 is 23.5 Å². The number of alkyl halides is 3. The summed E-state index contributed by atoms with van der Waals surface area (Å²) in [5.74, 6) is 0.350. The average Bonchev–Trinajstić information content (AvgIpc) is 2.79. The van der Waals surface area contributed by atoms with Gasteiger partial charge in [0, 0.05) is 48.5 Å².